The molecule has 0 aromatic heterocycles. The van der Waals surface area contributed by atoms with Gasteiger partial charge in [0.2, 0.25) is 0 Å². The molecule has 1 aliphatic rings. The van der Waals surface area contributed by atoms with Crippen molar-refractivity contribution in [1.82, 2.24) is 5.32 Å². The van der Waals surface area contributed by atoms with Crippen molar-refractivity contribution in [3.63, 3.8) is 0 Å². The van der Waals surface area contributed by atoms with Gasteiger partial charge in [-0.1, -0.05) is 46.0 Å². The van der Waals surface area contributed by atoms with Crippen LogP contribution in [0.4, 0.5) is 0 Å². The van der Waals surface area contributed by atoms with Crippen LogP contribution in [0.5, 0.6) is 0 Å². The van der Waals surface area contributed by atoms with E-state index in [9.17, 15) is 0 Å². The Morgan fingerprint density at radius 2 is 1.87 bits per heavy atom. The smallest absolute Gasteiger partial charge is 0.00645 e. The maximum absolute atomic E-state index is 3.66. The van der Waals surface area contributed by atoms with Crippen LogP contribution in [0, 0.1) is 5.92 Å². The van der Waals surface area contributed by atoms with Crippen LogP contribution < -0.4 is 5.32 Å². The molecule has 0 aromatic carbocycles. The molecule has 1 N–H and O–H groups in total. The number of nitrogens with one attached hydrogen (secondary N) is 1. The first kappa shape index (κ1) is 13.0. The highest BCUT2D eigenvalue weighted by Gasteiger charge is 2.14. The molecule has 1 rings (SSSR count). The zero-order valence-electron chi connectivity index (χ0n) is 10.7. The van der Waals surface area contributed by atoms with Gasteiger partial charge in [0.05, 0.1) is 0 Å². The molecule has 0 radical (unpaired) electrons. The van der Waals surface area contributed by atoms with Gasteiger partial charge in [-0.25, -0.2) is 0 Å². The van der Waals surface area contributed by atoms with Crippen LogP contribution in [0.2, 0.25) is 0 Å². The van der Waals surface area contributed by atoms with Crippen molar-refractivity contribution in [1.29, 1.82) is 0 Å². The van der Waals surface area contributed by atoms with Crippen LogP contribution in [-0.2, 0) is 0 Å². The molecule has 0 saturated heterocycles. The number of hydrogen-bond acceptors (Lipinski definition) is 1. The van der Waals surface area contributed by atoms with E-state index < -0.39 is 0 Å². The molecule has 1 atom stereocenters. The minimum absolute atomic E-state index is 0.784. The topological polar surface area (TPSA) is 12.0 Å². The van der Waals surface area contributed by atoms with Crippen molar-refractivity contribution in [2.45, 2.75) is 77.7 Å². The van der Waals surface area contributed by atoms with Crippen molar-refractivity contribution in [2.75, 3.05) is 6.54 Å². The molecule has 0 bridgehead atoms. The fourth-order valence-electron chi connectivity index (χ4n) is 2.71. The zero-order valence-corrected chi connectivity index (χ0v) is 10.7. The monoisotopic (exact) mass is 211 g/mol. The summed E-state index contributed by atoms with van der Waals surface area (Å²) >= 11 is 0. The van der Waals surface area contributed by atoms with Gasteiger partial charge in [0.15, 0.2) is 0 Å². The Kier molecular flexibility index (Phi) is 7.08. The van der Waals surface area contributed by atoms with Crippen LogP contribution in [0.15, 0.2) is 0 Å². The lowest BCUT2D eigenvalue weighted by Crippen LogP contribution is -2.29. The fraction of sp³-hybridized carbons (Fsp3) is 1.00. The summed E-state index contributed by atoms with van der Waals surface area (Å²) in [5, 5.41) is 3.66. The molecule has 15 heavy (non-hydrogen) atoms. The Morgan fingerprint density at radius 1 is 1.13 bits per heavy atom. The lowest BCUT2D eigenvalue weighted by molar-refractivity contribution is 0.311. The third-order valence-electron chi connectivity index (χ3n) is 3.82. The van der Waals surface area contributed by atoms with Gasteiger partial charge in [0, 0.05) is 6.04 Å². The Labute approximate surface area is 96.0 Å². The Hall–Kier alpha value is -0.0400. The van der Waals surface area contributed by atoms with Crippen LogP contribution in [0.25, 0.3) is 0 Å². The molecule has 1 unspecified atom stereocenters. The van der Waals surface area contributed by atoms with Crippen LogP contribution in [0.1, 0.15) is 71.6 Å². The molecule has 1 heteroatoms. The fourth-order valence-corrected chi connectivity index (χ4v) is 2.71. The predicted octanol–water partition coefficient (Wildman–Crippen LogP) is 4.13. The second-order valence-corrected chi connectivity index (χ2v) is 5.14. The third kappa shape index (κ3) is 5.55. The van der Waals surface area contributed by atoms with Gasteiger partial charge in [-0.3, -0.25) is 0 Å². The SMILES string of the molecule is CCCNC(CC)CCC1CCCCC1. The summed E-state index contributed by atoms with van der Waals surface area (Å²) in [5.41, 5.74) is 0. The van der Waals surface area contributed by atoms with Crippen LogP contribution in [0.3, 0.4) is 0 Å². The van der Waals surface area contributed by atoms with E-state index in [-0.39, 0.29) is 0 Å². The molecular formula is C14H29N. The van der Waals surface area contributed by atoms with Crippen LogP contribution in [-0.4, -0.2) is 12.6 Å². The Balaban J connectivity index is 2.09. The first-order valence-electron chi connectivity index (χ1n) is 7.10. The second-order valence-electron chi connectivity index (χ2n) is 5.14. The predicted molar refractivity (Wildman–Crippen MR) is 68.2 cm³/mol. The summed E-state index contributed by atoms with van der Waals surface area (Å²) < 4.78 is 0. The van der Waals surface area contributed by atoms with Crippen molar-refractivity contribution < 1.29 is 0 Å². The Bertz CT molecular complexity index is 138. The van der Waals surface area contributed by atoms with Gasteiger partial charge < -0.3 is 5.32 Å². The van der Waals surface area contributed by atoms with Crippen LogP contribution >= 0.6 is 0 Å². The average molecular weight is 211 g/mol. The van der Waals surface area contributed by atoms with Crippen molar-refractivity contribution >= 4 is 0 Å². The third-order valence-corrected chi connectivity index (χ3v) is 3.82. The molecule has 0 amide bonds. The highest BCUT2D eigenvalue weighted by atomic mass is 14.9. The molecule has 1 fully saturated rings. The van der Waals surface area contributed by atoms with E-state index in [1.807, 2.05) is 0 Å². The van der Waals surface area contributed by atoms with Gasteiger partial charge in [0.1, 0.15) is 0 Å². The van der Waals surface area contributed by atoms with Gasteiger partial charge in [0.25, 0.3) is 0 Å². The Morgan fingerprint density at radius 3 is 2.47 bits per heavy atom. The molecule has 90 valence electrons. The minimum Gasteiger partial charge on any atom is -0.314 e. The second kappa shape index (κ2) is 8.15. The first-order valence-corrected chi connectivity index (χ1v) is 7.10. The van der Waals surface area contributed by atoms with Gasteiger partial charge in [-0.15, -0.1) is 0 Å². The van der Waals surface area contributed by atoms with Gasteiger partial charge in [-0.05, 0) is 38.1 Å². The molecule has 0 spiro atoms. The standard InChI is InChI=1S/C14H29N/c1-3-12-15-14(4-2)11-10-13-8-6-5-7-9-13/h13-15H,3-12H2,1-2H3. The maximum atomic E-state index is 3.66. The molecule has 1 saturated carbocycles. The molecular weight excluding hydrogens is 182 g/mol. The molecule has 1 nitrogen and oxygen atoms in total. The van der Waals surface area contributed by atoms with Crippen molar-refractivity contribution in [2.24, 2.45) is 5.92 Å². The quantitative estimate of drug-likeness (QED) is 0.668. The lowest BCUT2D eigenvalue weighted by atomic mass is 9.85. The van der Waals surface area contributed by atoms with Gasteiger partial charge >= 0.3 is 0 Å². The van der Waals surface area contributed by atoms with E-state index in [1.54, 1.807) is 0 Å². The number of rotatable bonds is 7. The first-order chi connectivity index (χ1) is 7.36. The average Bonchev–Trinajstić information content (AvgIpc) is 2.31. The van der Waals surface area contributed by atoms with E-state index in [0.29, 0.717) is 0 Å². The minimum atomic E-state index is 0.784. The normalized spacial score (nSPS) is 20.4. The molecule has 1 aliphatic carbocycles. The summed E-state index contributed by atoms with van der Waals surface area (Å²) in [6.07, 6.45) is 12.9. The molecule has 0 aliphatic heterocycles. The highest BCUT2D eigenvalue weighted by Crippen LogP contribution is 2.27. The van der Waals surface area contributed by atoms with E-state index >= 15 is 0 Å². The highest BCUT2D eigenvalue weighted by molar-refractivity contribution is 4.71. The van der Waals surface area contributed by atoms with E-state index in [2.05, 4.69) is 19.2 Å². The van der Waals surface area contributed by atoms with E-state index in [4.69, 9.17) is 0 Å². The maximum Gasteiger partial charge on any atom is 0.00645 e. The van der Waals surface area contributed by atoms with E-state index in [1.165, 1.54) is 64.3 Å². The summed E-state index contributed by atoms with van der Waals surface area (Å²) in [7, 11) is 0. The number of hydrogen-bond donors (Lipinski definition) is 1. The van der Waals surface area contributed by atoms with Gasteiger partial charge in [-0.2, -0.15) is 0 Å². The van der Waals surface area contributed by atoms with Crippen molar-refractivity contribution in [3.8, 4) is 0 Å². The summed E-state index contributed by atoms with van der Waals surface area (Å²) in [4.78, 5) is 0. The molecule has 0 heterocycles. The van der Waals surface area contributed by atoms with Crippen molar-refractivity contribution in [3.05, 3.63) is 0 Å². The summed E-state index contributed by atoms with van der Waals surface area (Å²) in [6, 6.07) is 0.784. The largest absolute Gasteiger partial charge is 0.314 e. The summed E-state index contributed by atoms with van der Waals surface area (Å²) in [5.74, 6) is 1.05. The summed E-state index contributed by atoms with van der Waals surface area (Å²) in [6.45, 7) is 5.76. The molecule has 0 aromatic rings. The lowest BCUT2D eigenvalue weighted by Gasteiger charge is -2.24. The zero-order chi connectivity index (χ0) is 10.9. The van der Waals surface area contributed by atoms with E-state index in [0.717, 1.165) is 12.0 Å².